The molecule has 7 heteroatoms. The predicted octanol–water partition coefficient (Wildman–Crippen LogP) is 5.05. The third kappa shape index (κ3) is 4.23. The molecule has 32 heavy (non-hydrogen) atoms. The zero-order valence-electron chi connectivity index (χ0n) is 17.8. The van der Waals surface area contributed by atoms with Gasteiger partial charge in [0.2, 0.25) is 5.78 Å². The van der Waals surface area contributed by atoms with Crippen molar-refractivity contribution in [2.45, 2.75) is 6.61 Å². The van der Waals surface area contributed by atoms with E-state index in [9.17, 15) is 9.18 Å². The Morgan fingerprint density at radius 1 is 0.906 bits per heavy atom. The Morgan fingerprint density at radius 3 is 2.38 bits per heavy atom. The Hall–Kier alpha value is -4.00. The third-order valence-corrected chi connectivity index (χ3v) is 4.96. The van der Waals surface area contributed by atoms with Crippen LogP contribution in [0.5, 0.6) is 28.7 Å². The molecule has 164 valence electrons. The van der Waals surface area contributed by atoms with E-state index in [1.807, 2.05) is 0 Å². The second-order valence-electron chi connectivity index (χ2n) is 6.97. The lowest BCUT2D eigenvalue weighted by atomic mass is 10.1. The van der Waals surface area contributed by atoms with Gasteiger partial charge >= 0.3 is 0 Å². The van der Waals surface area contributed by atoms with Gasteiger partial charge in [0, 0.05) is 17.7 Å². The van der Waals surface area contributed by atoms with Crippen molar-refractivity contribution in [3.63, 3.8) is 0 Å². The number of methoxy groups -OCH3 is 3. The molecule has 3 aromatic carbocycles. The highest BCUT2D eigenvalue weighted by Gasteiger charge is 2.28. The second-order valence-corrected chi connectivity index (χ2v) is 6.97. The van der Waals surface area contributed by atoms with E-state index in [0.717, 1.165) is 0 Å². The lowest BCUT2D eigenvalue weighted by molar-refractivity contribution is 0.101. The monoisotopic (exact) mass is 436 g/mol. The van der Waals surface area contributed by atoms with Crippen molar-refractivity contribution in [2.24, 2.45) is 0 Å². The van der Waals surface area contributed by atoms with E-state index in [1.165, 1.54) is 33.5 Å². The van der Waals surface area contributed by atoms with Gasteiger partial charge in [0.15, 0.2) is 17.3 Å². The number of ether oxygens (including phenoxy) is 5. The van der Waals surface area contributed by atoms with Gasteiger partial charge < -0.3 is 23.7 Å². The lowest BCUT2D eigenvalue weighted by Crippen LogP contribution is -2.00. The fraction of sp³-hybridized carbons (Fsp3) is 0.160. The van der Waals surface area contributed by atoms with Crippen molar-refractivity contribution in [3.8, 4) is 28.7 Å². The van der Waals surface area contributed by atoms with Crippen molar-refractivity contribution in [3.05, 3.63) is 82.9 Å². The zero-order valence-corrected chi connectivity index (χ0v) is 17.8. The third-order valence-electron chi connectivity index (χ3n) is 4.96. The predicted molar refractivity (Wildman–Crippen MR) is 116 cm³/mol. The number of hydrogen-bond acceptors (Lipinski definition) is 6. The van der Waals surface area contributed by atoms with Gasteiger partial charge in [0.25, 0.3) is 0 Å². The van der Waals surface area contributed by atoms with Crippen LogP contribution in [0.3, 0.4) is 0 Å². The molecular weight excluding hydrogens is 415 g/mol. The normalized spacial score (nSPS) is 13.5. The number of allylic oxidation sites excluding steroid dienone is 1. The maximum absolute atomic E-state index is 13.3. The van der Waals surface area contributed by atoms with E-state index in [-0.39, 0.29) is 24.0 Å². The summed E-state index contributed by atoms with van der Waals surface area (Å²) in [5.74, 6) is 1.96. The summed E-state index contributed by atoms with van der Waals surface area (Å²) in [6.07, 6.45) is 1.59. The number of rotatable bonds is 7. The summed E-state index contributed by atoms with van der Waals surface area (Å²) < 4.78 is 40.9. The molecule has 6 nitrogen and oxygen atoms in total. The van der Waals surface area contributed by atoms with E-state index in [0.29, 0.717) is 45.4 Å². The van der Waals surface area contributed by atoms with Gasteiger partial charge in [0.1, 0.15) is 29.7 Å². The van der Waals surface area contributed by atoms with E-state index in [1.54, 1.807) is 48.5 Å². The molecular formula is C25H21FO6. The number of fused-ring (bicyclic) bond motifs is 1. The van der Waals surface area contributed by atoms with Crippen molar-refractivity contribution in [2.75, 3.05) is 21.3 Å². The van der Waals surface area contributed by atoms with Crippen LogP contribution in [-0.4, -0.2) is 27.1 Å². The van der Waals surface area contributed by atoms with Gasteiger partial charge in [-0.2, -0.15) is 0 Å². The molecule has 0 amide bonds. The highest BCUT2D eigenvalue weighted by molar-refractivity contribution is 6.14. The van der Waals surface area contributed by atoms with E-state index >= 15 is 0 Å². The fourth-order valence-electron chi connectivity index (χ4n) is 3.36. The van der Waals surface area contributed by atoms with E-state index in [4.69, 9.17) is 23.7 Å². The van der Waals surface area contributed by atoms with Crippen LogP contribution in [0.1, 0.15) is 21.5 Å². The minimum absolute atomic E-state index is 0.146. The average molecular weight is 436 g/mol. The summed E-state index contributed by atoms with van der Waals surface area (Å²) >= 11 is 0. The molecule has 0 saturated heterocycles. The summed E-state index contributed by atoms with van der Waals surface area (Å²) in [6.45, 7) is 0.191. The first kappa shape index (κ1) is 21.2. The molecule has 0 unspecified atom stereocenters. The summed E-state index contributed by atoms with van der Waals surface area (Å²) in [4.78, 5) is 12.8. The number of carbonyl (C=O) groups is 1. The Balaban J connectivity index is 1.57. The second kappa shape index (κ2) is 9.01. The number of ketones is 1. The molecule has 0 bridgehead atoms. The largest absolute Gasteiger partial charge is 0.496 e. The van der Waals surface area contributed by atoms with Crippen LogP contribution in [-0.2, 0) is 6.61 Å². The zero-order chi connectivity index (χ0) is 22.7. The highest BCUT2D eigenvalue weighted by Crippen LogP contribution is 2.39. The Labute approximate surface area is 184 Å². The Bertz CT molecular complexity index is 1200. The molecule has 0 aromatic heterocycles. The van der Waals surface area contributed by atoms with Gasteiger partial charge in [-0.15, -0.1) is 0 Å². The SMILES string of the molecule is COc1cc(OC)c(OC)cc1/C=C1\Oc2cc(OCc3cccc(F)c3)ccc2C1=O. The van der Waals surface area contributed by atoms with Gasteiger partial charge in [-0.3, -0.25) is 4.79 Å². The Morgan fingerprint density at radius 2 is 1.66 bits per heavy atom. The van der Waals surface area contributed by atoms with Crippen LogP contribution in [0.25, 0.3) is 6.08 Å². The van der Waals surface area contributed by atoms with Crippen molar-refractivity contribution in [1.29, 1.82) is 0 Å². The van der Waals surface area contributed by atoms with E-state index in [2.05, 4.69) is 0 Å². The van der Waals surface area contributed by atoms with Crippen LogP contribution in [0.4, 0.5) is 4.39 Å². The van der Waals surface area contributed by atoms with Crippen LogP contribution < -0.4 is 23.7 Å². The molecule has 0 saturated carbocycles. The molecule has 0 atom stereocenters. The van der Waals surface area contributed by atoms with Crippen molar-refractivity contribution >= 4 is 11.9 Å². The standard InChI is InChI=1S/C25H21FO6/c1-28-20-13-23(30-3)22(29-2)10-16(20)11-24-25(27)19-8-7-18(12-21(19)32-24)31-14-15-5-4-6-17(26)9-15/h4-13H,14H2,1-3H3/b24-11-. The highest BCUT2D eigenvalue weighted by atomic mass is 19.1. The fourth-order valence-corrected chi connectivity index (χ4v) is 3.36. The number of benzene rings is 3. The minimum Gasteiger partial charge on any atom is -0.496 e. The topological polar surface area (TPSA) is 63.2 Å². The number of carbonyl (C=O) groups excluding carboxylic acids is 1. The molecule has 0 radical (unpaired) electrons. The summed E-state index contributed by atoms with van der Waals surface area (Å²) in [6, 6.07) is 14.5. The maximum Gasteiger partial charge on any atom is 0.231 e. The van der Waals surface area contributed by atoms with Gasteiger partial charge in [-0.25, -0.2) is 4.39 Å². The van der Waals surface area contributed by atoms with Crippen LogP contribution in [0, 0.1) is 5.82 Å². The first-order valence-electron chi connectivity index (χ1n) is 9.78. The number of Topliss-reactive ketones (excluding diaryl/α,β-unsaturated/α-hetero) is 1. The van der Waals surface area contributed by atoms with Gasteiger partial charge in [-0.1, -0.05) is 12.1 Å². The Kier molecular flexibility index (Phi) is 5.98. The summed E-state index contributed by atoms with van der Waals surface area (Å²) in [7, 11) is 4.58. The van der Waals surface area contributed by atoms with Gasteiger partial charge in [0.05, 0.1) is 26.9 Å². The molecule has 1 heterocycles. The van der Waals surface area contributed by atoms with Crippen molar-refractivity contribution in [1.82, 2.24) is 0 Å². The smallest absolute Gasteiger partial charge is 0.231 e. The van der Waals surface area contributed by atoms with Crippen molar-refractivity contribution < 1.29 is 32.9 Å². The summed E-state index contributed by atoms with van der Waals surface area (Å²) in [5.41, 5.74) is 1.72. The summed E-state index contributed by atoms with van der Waals surface area (Å²) in [5, 5.41) is 0. The molecule has 4 rings (SSSR count). The average Bonchev–Trinajstić information content (AvgIpc) is 3.11. The molecule has 0 spiro atoms. The minimum atomic E-state index is -0.325. The molecule has 0 aliphatic carbocycles. The van der Waals surface area contributed by atoms with Crippen LogP contribution >= 0.6 is 0 Å². The molecule has 1 aliphatic rings. The lowest BCUT2D eigenvalue weighted by Gasteiger charge is -2.12. The molecule has 1 aliphatic heterocycles. The maximum atomic E-state index is 13.3. The first-order chi connectivity index (χ1) is 15.5. The molecule has 3 aromatic rings. The quantitative estimate of drug-likeness (QED) is 0.483. The molecule has 0 N–H and O–H groups in total. The number of halogens is 1. The first-order valence-corrected chi connectivity index (χ1v) is 9.78. The number of hydrogen-bond donors (Lipinski definition) is 0. The van der Waals surface area contributed by atoms with Crippen LogP contribution in [0.15, 0.2) is 60.4 Å². The molecule has 0 fully saturated rings. The van der Waals surface area contributed by atoms with Gasteiger partial charge in [-0.05, 0) is 42.0 Å². The van der Waals surface area contributed by atoms with E-state index < -0.39 is 0 Å². The van der Waals surface area contributed by atoms with Crippen LogP contribution in [0.2, 0.25) is 0 Å².